The maximum Gasteiger partial charge on any atom is 0.314 e. The lowest BCUT2D eigenvalue weighted by atomic mass is 10.1. The van der Waals surface area contributed by atoms with Crippen molar-refractivity contribution in [2.75, 3.05) is 0 Å². The summed E-state index contributed by atoms with van der Waals surface area (Å²) in [5.41, 5.74) is 0.893. The van der Waals surface area contributed by atoms with Gasteiger partial charge in [0.1, 0.15) is 0 Å². The SMILES string of the molecule is O=[N+]([O-])c1cc(-c2ccccc2)ncc1O. The number of benzene rings is 1. The first-order chi connectivity index (χ1) is 7.68. The van der Waals surface area contributed by atoms with Crippen LogP contribution in [0.1, 0.15) is 0 Å². The van der Waals surface area contributed by atoms with Gasteiger partial charge in [0.15, 0.2) is 0 Å². The van der Waals surface area contributed by atoms with Gasteiger partial charge in [0.25, 0.3) is 0 Å². The predicted molar refractivity (Wildman–Crippen MR) is 58.0 cm³/mol. The molecule has 0 radical (unpaired) electrons. The molecule has 80 valence electrons. The minimum atomic E-state index is -0.635. The van der Waals surface area contributed by atoms with Crippen LogP contribution in [0.15, 0.2) is 42.6 Å². The highest BCUT2D eigenvalue weighted by molar-refractivity contribution is 5.63. The van der Waals surface area contributed by atoms with E-state index in [0.29, 0.717) is 5.69 Å². The summed E-state index contributed by atoms with van der Waals surface area (Å²) < 4.78 is 0. The minimum Gasteiger partial charge on any atom is -0.501 e. The second-order valence-electron chi connectivity index (χ2n) is 3.18. The predicted octanol–water partition coefficient (Wildman–Crippen LogP) is 2.36. The van der Waals surface area contributed by atoms with Crippen LogP contribution in [0.4, 0.5) is 5.69 Å². The second-order valence-corrected chi connectivity index (χ2v) is 3.18. The fraction of sp³-hybridized carbons (Fsp3) is 0. The van der Waals surface area contributed by atoms with Crippen LogP contribution in [-0.4, -0.2) is 15.0 Å². The van der Waals surface area contributed by atoms with E-state index in [1.165, 1.54) is 6.07 Å². The van der Waals surface area contributed by atoms with Crippen LogP contribution in [0.2, 0.25) is 0 Å². The minimum absolute atomic E-state index is 0.339. The highest BCUT2D eigenvalue weighted by Gasteiger charge is 2.15. The average molecular weight is 216 g/mol. The van der Waals surface area contributed by atoms with E-state index in [0.717, 1.165) is 11.8 Å². The summed E-state index contributed by atoms with van der Waals surface area (Å²) >= 11 is 0. The van der Waals surface area contributed by atoms with Gasteiger partial charge < -0.3 is 5.11 Å². The Morgan fingerprint density at radius 2 is 1.94 bits per heavy atom. The fourth-order valence-corrected chi connectivity index (χ4v) is 1.35. The van der Waals surface area contributed by atoms with Crippen molar-refractivity contribution in [3.63, 3.8) is 0 Å². The zero-order chi connectivity index (χ0) is 11.5. The summed E-state index contributed by atoms with van der Waals surface area (Å²) in [7, 11) is 0. The number of aromatic hydroxyl groups is 1. The van der Waals surface area contributed by atoms with Crippen molar-refractivity contribution >= 4 is 5.69 Å². The van der Waals surface area contributed by atoms with Gasteiger partial charge in [-0.25, -0.2) is 0 Å². The molecular formula is C11H8N2O3. The molecule has 0 aliphatic heterocycles. The van der Waals surface area contributed by atoms with Crippen molar-refractivity contribution in [3.8, 4) is 17.0 Å². The summed E-state index contributed by atoms with van der Waals surface area (Å²) in [6.45, 7) is 0. The largest absolute Gasteiger partial charge is 0.501 e. The first-order valence-corrected chi connectivity index (χ1v) is 4.57. The summed E-state index contributed by atoms with van der Waals surface area (Å²) in [6.07, 6.45) is 1.08. The standard InChI is InChI=1S/C11H8N2O3/c14-11-7-12-9(6-10(11)13(15)16)8-4-2-1-3-5-8/h1-7,14H. The highest BCUT2D eigenvalue weighted by Crippen LogP contribution is 2.28. The van der Waals surface area contributed by atoms with Gasteiger partial charge >= 0.3 is 5.69 Å². The third kappa shape index (κ3) is 1.83. The van der Waals surface area contributed by atoms with Crippen molar-refractivity contribution in [2.45, 2.75) is 0 Å². The third-order valence-corrected chi connectivity index (χ3v) is 2.13. The van der Waals surface area contributed by atoms with E-state index < -0.39 is 10.7 Å². The Bertz CT molecular complexity index is 526. The Morgan fingerprint density at radius 3 is 2.56 bits per heavy atom. The van der Waals surface area contributed by atoms with Gasteiger partial charge in [0.2, 0.25) is 5.75 Å². The smallest absolute Gasteiger partial charge is 0.314 e. The van der Waals surface area contributed by atoms with Gasteiger partial charge in [-0.3, -0.25) is 15.1 Å². The maximum atomic E-state index is 10.6. The Kier molecular flexibility index (Phi) is 2.51. The number of nitrogens with zero attached hydrogens (tertiary/aromatic N) is 2. The first kappa shape index (κ1) is 10.1. The lowest BCUT2D eigenvalue weighted by molar-refractivity contribution is -0.385. The Balaban J connectivity index is 2.52. The van der Waals surface area contributed by atoms with Gasteiger partial charge in [-0.1, -0.05) is 30.3 Å². The molecule has 1 aromatic carbocycles. The van der Waals surface area contributed by atoms with Gasteiger partial charge in [0.05, 0.1) is 16.8 Å². The molecule has 0 bridgehead atoms. The monoisotopic (exact) mass is 216 g/mol. The summed E-state index contributed by atoms with van der Waals surface area (Å²) in [5.74, 6) is -0.426. The van der Waals surface area contributed by atoms with Gasteiger partial charge in [-0.2, -0.15) is 0 Å². The Morgan fingerprint density at radius 1 is 1.25 bits per heavy atom. The third-order valence-electron chi connectivity index (χ3n) is 2.13. The molecule has 0 aliphatic rings. The van der Waals surface area contributed by atoms with Crippen LogP contribution in [-0.2, 0) is 0 Å². The highest BCUT2D eigenvalue weighted by atomic mass is 16.6. The number of nitro groups is 1. The molecule has 2 rings (SSSR count). The average Bonchev–Trinajstić information content (AvgIpc) is 2.30. The molecule has 0 saturated carbocycles. The molecule has 0 spiro atoms. The number of rotatable bonds is 2. The molecule has 0 unspecified atom stereocenters. The fourth-order valence-electron chi connectivity index (χ4n) is 1.35. The molecule has 1 aromatic heterocycles. The van der Waals surface area contributed by atoms with Crippen LogP contribution in [0.3, 0.4) is 0 Å². The van der Waals surface area contributed by atoms with Gasteiger partial charge in [0, 0.05) is 11.6 Å². The molecule has 0 amide bonds. The summed E-state index contributed by atoms with van der Waals surface area (Å²) in [6, 6.07) is 10.3. The van der Waals surface area contributed by atoms with E-state index in [9.17, 15) is 15.2 Å². The van der Waals surface area contributed by atoms with Gasteiger partial charge in [-0.05, 0) is 0 Å². The zero-order valence-electron chi connectivity index (χ0n) is 8.20. The topological polar surface area (TPSA) is 76.3 Å². The van der Waals surface area contributed by atoms with Crippen molar-refractivity contribution in [2.24, 2.45) is 0 Å². The molecule has 5 nitrogen and oxygen atoms in total. The van der Waals surface area contributed by atoms with E-state index in [1.807, 2.05) is 18.2 Å². The molecule has 1 heterocycles. The quantitative estimate of drug-likeness (QED) is 0.617. The molecule has 5 heteroatoms. The van der Waals surface area contributed by atoms with E-state index in [4.69, 9.17) is 0 Å². The van der Waals surface area contributed by atoms with Crippen LogP contribution in [0, 0.1) is 10.1 Å². The number of pyridine rings is 1. The number of aromatic nitrogens is 1. The van der Waals surface area contributed by atoms with E-state index in [2.05, 4.69) is 4.98 Å². The van der Waals surface area contributed by atoms with Crippen molar-refractivity contribution in [3.05, 3.63) is 52.7 Å². The van der Waals surface area contributed by atoms with Crippen molar-refractivity contribution in [1.82, 2.24) is 4.98 Å². The lowest BCUT2D eigenvalue weighted by Crippen LogP contribution is -1.91. The normalized spacial score (nSPS) is 10.0. The van der Waals surface area contributed by atoms with Crippen LogP contribution in [0.5, 0.6) is 5.75 Å². The van der Waals surface area contributed by atoms with E-state index in [1.54, 1.807) is 12.1 Å². The Hall–Kier alpha value is -2.43. The molecule has 0 aliphatic carbocycles. The molecule has 0 fully saturated rings. The first-order valence-electron chi connectivity index (χ1n) is 4.57. The van der Waals surface area contributed by atoms with E-state index in [-0.39, 0.29) is 5.69 Å². The molecule has 0 atom stereocenters. The zero-order valence-corrected chi connectivity index (χ0v) is 8.20. The molecule has 0 saturated heterocycles. The van der Waals surface area contributed by atoms with Crippen LogP contribution in [0.25, 0.3) is 11.3 Å². The lowest BCUT2D eigenvalue weighted by Gasteiger charge is -2.01. The Labute approximate surface area is 91.2 Å². The molecule has 16 heavy (non-hydrogen) atoms. The van der Waals surface area contributed by atoms with Crippen LogP contribution < -0.4 is 0 Å². The summed E-state index contributed by atoms with van der Waals surface area (Å²) in [4.78, 5) is 13.9. The van der Waals surface area contributed by atoms with Crippen molar-refractivity contribution in [1.29, 1.82) is 0 Å². The summed E-state index contributed by atoms with van der Waals surface area (Å²) in [5, 5.41) is 19.9. The van der Waals surface area contributed by atoms with Gasteiger partial charge in [-0.15, -0.1) is 0 Å². The number of hydrogen-bond acceptors (Lipinski definition) is 4. The van der Waals surface area contributed by atoms with Crippen LogP contribution >= 0.6 is 0 Å². The molecular weight excluding hydrogens is 208 g/mol. The van der Waals surface area contributed by atoms with E-state index >= 15 is 0 Å². The second kappa shape index (κ2) is 3.98. The molecule has 2 aromatic rings. The number of hydrogen-bond donors (Lipinski definition) is 1. The van der Waals surface area contributed by atoms with Crippen molar-refractivity contribution < 1.29 is 10.0 Å². The molecule has 1 N–H and O–H groups in total. The maximum absolute atomic E-state index is 10.6.